The summed E-state index contributed by atoms with van der Waals surface area (Å²) in [5, 5.41) is 0.259. The van der Waals surface area contributed by atoms with Gasteiger partial charge in [0.15, 0.2) is 0 Å². The highest BCUT2D eigenvalue weighted by Crippen LogP contribution is 2.35. The largest absolute Gasteiger partial charge is 0.297 e. The van der Waals surface area contributed by atoms with Crippen LogP contribution in [0.4, 0.5) is 14.6 Å². The van der Waals surface area contributed by atoms with E-state index in [4.69, 9.17) is 11.6 Å². The zero-order valence-corrected chi connectivity index (χ0v) is 12.2. The van der Waals surface area contributed by atoms with E-state index in [9.17, 15) is 13.6 Å². The maximum absolute atomic E-state index is 13.9. The van der Waals surface area contributed by atoms with E-state index in [2.05, 4.69) is 4.98 Å². The molecule has 3 nitrogen and oxygen atoms in total. The number of rotatable bonds is 1. The zero-order valence-electron chi connectivity index (χ0n) is 11.4. The van der Waals surface area contributed by atoms with Gasteiger partial charge < -0.3 is 0 Å². The highest BCUT2D eigenvalue weighted by atomic mass is 35.5. The quantitative estimate of drug-likeness (QED) is 0.798. The molecule has 1 aromatic heterocycles. The van der Waals surface area contributed by atoms with Crippen molar-refractivity contribution in [1.82, 2.24) is 4.98 Å². The lowest BCUT2D eigenvalue weighted by Gasteiger charge is -2.27. The van der Waals surface area contributed by atoms with E-state index >= 15 is 0 Å². The summed E-state index contributed by atoms with van der Waals surface area (Å²) in [7, 11) is 0. The number of pyridine rings is 1. The second-order valence-electron chi connectivity index (χ2n) is 5.16. The highest BCUT2D eigenvalue weighted by Gasteiger charge is 2.25. The molecule has 1 amide bonds. The van der Waals surface area contributed by atoms with Gasteiger partial charge in [0.1, 0.15) is 17.5 Å². The number of benzene rings is 1. The van der Waals surface area contributed by atoms with Gasteiger partial charge in [-0.2, -0.15) is 0 Å². The number of hydrogen-bond donors (Lipinski definition) is 0. The fourth-order valence-corrected chi connectivity index (χ4v) is 2.91. The van der Waals surface area contributed by atoms with Gasteiger partial charge >= 0.3 is 0 Å². The molecule has 3 rings (SSSR count). The first-order valence-electron chi connectivity index (χ1n) is 6.74. The molecule has 6 heteroatoms. The molecule has 0 spiro atoms. The Kier molecular flexibility index (Phi) is 3.53. The van der Waals surface area contributed by atoms with Crippen LogP contribution < -0.4 is 4.90 Å². The molecule has 1 aliphatic rings. The van der Waals surface area contributed by atoms with Crippen molar-refractivity contribution in [3.8, 4) is 0 Å². The first kappa shape index (κ1) is 14.2. The number of piperidine rings is 1. The van der Waals surface area contributed by atoms with E-state index in [-0.39, 0.29) is 21.8 Å². The van der Waals surface area contributed by atoms with Crippen molar-refractivity contribution in [3.05, 3.63) is 34.4 Å². The number of anilines is 1. The van der Waals surface area contributed by atoms with Crippen molar-refractivity contribution in [1.29, 1.82) is 0 Å². The minimum absolute atomic E-state index is 0.0378. The minimum atomic E-state index is -0.748. The summed E-state index contributed by atoms with van der Waals surface area (Å²) in [6.07, 6.45) is 2.17. The van der Waals surface area contributed by atoms with E-state index in [1.807, 2.05) is 0 Å². The van der Waals surface area contributed by atoms with E-state index in [1.54, 1.807) is 11.8 Å². The zero-order chi connectivity index (χ0) is 15.1. The molecule has 1 aliphatic heterocycles. The van der Waals surface area contributed by atoms with Crippen molar-refractivity contribution in [2.75, 3.05) is 11.4 Å². The maximum atomic E-state index is 13.9. The number of hydrogen-bond acceptors (Lipinski definition) is 2. The predicted octanol–water partition coefficient (Wildman–Crippen LogP) is 3.99. The third-order valence-corrected chi connectivity index (χ3v) is 4.20. The Balaban J connectivity index is 2.24. The molecule has 0 bridgehead atoms. The highest BCUT2D eigenvalue weighted by molar-refractivity contribution is 6.36. The van der Waals surface area contributed by atoms with Gasteiger partial charge in [-0.3, -0.25) is 9.69 Å². The van der Waals surface area contributed by atoms with Gasteiger partial charge in [0.05, 0.1) is 15.9 Å². The Labute approximate surface area is 125 Å². The lowest BCUT2D eigenvalue weighted by atomic mass is 10.1. The van der Waals surface area contributed by atoms with Crippen molar-refractivity contribution in [2.24, 2.45) is 0 Å². The molecule has 0 N–H and O–H groups in total. The SMILES string of the molecule is Cc1c(N2CCCCC2=O)nc2cc(F)cc(F)c2c1Cl. The van der Waals surface area contributed by atoms with Gasteiger partial charge in [-0.05, 0) is 19.8 Å². The number of nitrogens with zero attached hydrogens (tertiary/aromatic N) is 2. The standard InChI is InChI=1S/C15H13ClF2N2O/c1-8-14(16)13-10(18)6-9(17)7-11(13)19-15(8)20-5-3-2-4-12(20)21/h6-7H,2-5H2,1H3. The number of carbonyl (C=O) groups excluding carboxylic acids is 1. The van der Waals surface area contributed by atoms with Crippen LogP contribution in [0.25, 0.3) is 10.9 Å². The summed E-state index contributed by atoms with van der Waals surface area (Å²) in [5.74, 6) is -1.11. The Hall–Kier alpha value is -1.75. The summed E-state index contributed by atoms with van der Waals surface area (Å²) in [4.78, 5) is 17.8. The first-order valence-corrected chi connectivity index (χ1v) is 7.12. The average molecular weight is 311 g/mol. The van der Waals surface area contributed by atoms with E-state index < -0.39 is 11.6 Å². The summed E-state index contributed by atoms with van der Waals surface area (Å²) in [5.41, 5.74) is 0.654. The third kappa shape index (κ3) is 2.35. The average Bonchev–Trinajstić information content (AvgIpc) is 2.43. The van der Waals surface area contributed by atoms with Crippen LogP contribution in [0, 0.1) is 18.6 Å². The van der Waals surface area contributed by atoms with Gasteiger partial charge in [-0.25, -0.2) is 13.8 Å². The first-order chi connectivity index (χ1) is 9.99. The molecular formula is C15H13ClF2N2O. The van der Waals surface area contributed by atoms with Crippen molar-refractivity contribution in [3.63, 3.8) is 0 Å². The second-order valence-corrected chi connectivity index (χ2v) is 5.54. The van der Waals surface area contributed by atoms with Crippen molar-refractivity contribution >= 4 is 34.2 Å². The molecule has 0 saturated carbocycles. The van der Waals surface area contributed by atoms with Gasteiger partial charge in [-0.1, -0.05) is 11.6 Å². The van der Waals surface area contributed by atoms with E-state index in [0.29, 0.717) is 24.3 Å². The van der Waals surface area contributed by atoms with Crippen LogP contribution in [0.15, 0.2) is 12.1 Å². The monoisotopic (exact) mass is 310 g/mol. The molecule has 0 unspecified atom stereocenters. The number of carbonyl (C=O) groups is 1. The molecule has 0 aliphatic carbocycles. The van der Waals surface area contributed by atoms with Crippen LogP contribution in [-0.4, -0.2) is 17.4 Å². The molecule has 2 aromatic rings. The number of amides is 1. The topological polar surface area (TPSA) is 33.2 Å². The number of aromatic nitrogens is 1. The smallest absolute Gasteiger partial charge is 0.228 e. The third-order valence-electron chi connectivity index (χ3n) is 3.72. The number of halogens is 3. The predicted molar refractivity (Wildman–Crippen MR) is 77.6 cm³/mol. The van der Waals surface area contributed by atoms with Crippen LogP contribution in [0.5, 0.6) is 0 Å². The molecule has 110 valence electrons. The Morgan fingerprint density at radius 3 is 2.76 bits per heavy atom. The lowest BCUT2D eigenvalue weighted by Crippen LogP contribution is -2.36. The fourth-order valence-electron chi connectivity index (χ4n) is 2.64. The molecule has 1 saturated heterocycles. The van der Waals surface area contributed by atoms with Crippen LogP contribution in [-0.2, 0) is 4.79 Å². The second kappa shape index (κ2) is 5.22. The van der Waals surface area contributed by atoms with Gasteiger partial charge in [0, 0.05) is 30.7 Å². The van der Waals surface area contributed by atoms with Crippen LogP contribution in [0.3, 0.4) is 0 Å². The van der Waals surface area contributed by atoms with Crippen LogP contribution >= 0.6 is 11.6 Å². The summed E-state index contributed by atoms with van der Waals surface area (Å²) in [6.45, 7) is 2.24. The van der Waals surface area contributed by atoms with Gasteiger partial charge in [-0.15, -0.1) is 0 Å². The molecule has 0 radical (unpaired) electrons. The van der Waals surface area contributed by atoms with E-state index in [1.165, 1.54) is 0 Å². The molecular weight excluding hydrogens is 298 g/mol. The lowest BCUT2D eigenvalue weighted by molar-refractivity contribution is -0.119. The Bertz CT molecular complexity index is 748. The fraction of sp³-hybridized carbons (Fsp3) is 0.333. The van der Waals surface area contributed by atoms with E-state index in [0.717, 1.165) is 25.0 Å². The van der Waals surface area contributed by atoms with Crippen LogP contribution in [0.2, 0.25) is 5.02 Å². The summed E-state index contributed by atoms with van der Waals surface area (Å²) < 4.78 is 27.3. The summed E-state index contributed by atoms with van der Waals surface area (Å²) in [6, 6.07) is 1.91. The van der Waals surface area contributed by atoms with Gasteiger partial charge in [0.25, 0.3) is 0 Å². The van der Waals surface area contributed by atoms with Gasteiger partial charge in [0.2, 0.25) is 5.91 Å². The van der Waals surface area contributed by atoms with Crippen LogP contribution in [0.1, 0.15) is 24.8 Å². The minimum Gasteiger partial charge on any atom is -0.297 e. The van der Waals surface area contributed by atoms with Crippen molar-refractivity contribution < 1.29 is 13.6 Å². The molecule has 1 aromatic carbocycles. The number of fused-ring (bicyclic) bond motifs is 1. The maximum Gasteiger partial charge on any atom is 0.228 e. The summed E-state index contributed by atoms with van der Waals surface area (Å²) >= 11 is 6.22. The normalized spacial score (nSPS) is 15.8. The molecule has 0 atom stereocenters. The molecule has 2 heterocycles. The molecule has 1 fully saturated rings. The Morgan fingerprint density at radius 2 is 2.05 bits per heavy atom. The van der Waals surface area contributed by atoms with Crippen molar-refractivity contribution in [2.45, 2.75) is 26.2 Å². The molecule has 21 heavy (non-hydrogen) atoms. The Morgan fingerprint density at radius 1 is 1.29 bits per heavy atom.